The molecule has 0 saturated heterocycles. The molecule has 1 aromatic rings. The van der Waals surface area contributed by atoms with Crippen LogP contribution in [-0.2, 0) is 14.8 Å². The van der Waals surface area contributed by atoms with E-state index in [0.717, 1.165) is 0 Å². The summed E-state index contributed by atoms with van der Waals surface area (Å²) >= 11 is 5.78. The second kappa shape index (κ2) is 6.26. The summed E-state index contributed by atoms with van der Waals surface area (Å²) in [4.78, 5) is 0. The molecule has 0 bridgehead atoms. The van der Waals surface area contributed by atoms with E-state index >= 15 is 0 Å². The third-order valence-corrected chi connectivity index (χ3v) is 3.55. The first-order valence-corrected chi connectivity index (χ1v) is 7.50. The largest absolute Gasteiger partial charge is 0.397 e. The van der Waals surface area contributed by atoms with Gasteiger partial charge in [0, 0.05) is 5.02 Å². The Hall–Kier alpha value is -0.980. The van der Waals surface area contributed by atoms with E-state index in [0.29, 0.717) is 10.7 Å². The van der Waals surface area contributed by atoms with Gasteiger partial charge in [-0.05, 0) is 32.0 Å². The lowest BCUT2D eigenvalue weighted by Gasteiger charge is -2.11. The lowest BCUT2D eigenvalue weighted by Crippen LogP contribution is -2.22. The molecule has 0 heterocycles. The molecule has 0 atom stereocenters. The average molecular weight is 293 g/mol. The van der Waals surface area contributed by atoms with Crippen LogP contribution in [0, 0.1) is 0 Å². The van der Waals surface area contributed by atoms with E-state index in [-0.39, 0.29) is 24.2 Å². The molecule has 1 rings (SSSR count). The molecule has 0 amide bonds. The standard InChI is InChI=1S/C11H17ClN2O3S/c1-8(2)17-5-6-18(15,16)14-11-7-9(12)3-4-10(11)13/h3-4,7-8,14H,5-6,13H2,1-2H3. The molecule has 1 aromatic carbocycles. The first-order chi connectivity index (χ1) is 8.30. The van der Waals surface area contributed by atoms with E-state index in [4.69, 9.17) is 22.1 Å². The van der Waals surface area contributed by atoms with E-state index in [1.165, 1.54) is 6.07 Å². The van der Waals surface area contributed by atoms with Gasteiger partial charge in [0.1, 0.15) is 0 Å². The van der Waals surface area contributed by atoms with Crippen LogP contribution in [0.2, 0.25) is 5.02 Å². The maximum atomic E-state index is 11.8. The van der Waals surface area contributed by atoms with Crippen LogP contribution >= 0.6 is 11.6 Å². The zero-order valence-corrected chi connectivity index (χ0v) is 11.9. The molecule has 7 heteroatoms. The van der Waals surface area contributed by atoms with Gasteiger partial charge in [0.05, 0.1) is 29.8 Å². The van der Waals surface area contributed by atoms with Gasteiger partial charge in [-0.3, -0.25) is 4.72 Å². The Morgan fingerprint density at radius 3 is 2.72 bits per heavy atom. The van der Waals surface area contributed by atoms with Crippen molar-refractivity contribution in [2.24, 2.45) is 0 Å². The van der Waals surface area contributed by atoms with Crippen LogP contribution in [0.3, 0.4) is 0 Å². The molecule has 0 aliphatic rings. The predicted octanol–water partition coefficient (Wildman–Crippen LogP) is 2.09. The van der Waals surface area contributed by atoms with Gasteiger partial charge in [0.15, 0.2) is 0 Å². The average Bonchev–Trinajstić information content (AvgIpc) is 2.22. The highest BCUT2D eigenvalue weighted by molar-refractivity contribution is 7.92. The van der Waals surface area contributed by atoms with Crippen molar-refractivity contribution in [1.29, 1.82) is 0 Å². The summed E-state index contributed by atoms with van der Waals surface area (Å²) in [5.41, 5.74) is 6.27. The van der Waals surface area contributed by atoms with Gasteiger partial charge in [0.25, 0.3) is 0 Å². The Labute approximate surface area is 112 Å². The number of anilines is 2. The van der Waals surface area contributed by atoms with Crippen LogP contribution < -0.4 is 10.5 Å². The molecule has 5 nitrogen and oxygen atoms in total. The molecule has 0 aromatic heterocycles. The first kappa shape index (κ1) is 15.1. The topological polar surface area (TPSA) is 81.4 Å². The SMILES string of the molecule is CC(C)OCCS(=O)(=O)Nc1cc(Cl)ccc1N. The molecule has 0 aliphatic heterocycles. The Kier molecular flexibility index (Phi) is 5.25. The number of ether oxygens (including phenoxy) is 1. The van der Waals surface area contributed by atoms with Crippen molar-refractivity contribution >= 4 is 33.0 Å². The van der Waals surface area contributed by atoms with Crippen LogP contribution in [-0.4, -0.2) is 26.9 Å². The van der Waals surface area contributed by atoms with Crippen molar-refractivity contribution in [2.45, 2.75) is 20.0 Å². The molecule has 102 valence electrons. The Balaban J connectivity index is 2.67. The number of hydrogen-bond donors (Lipinski definition) is 2. The third kappa shape index (κ3) is 5.12. The van der Waals surface area contributed by atoms with E-state index in [9.17, 15) is 8.42 Å². The molecular formula is C11H17ClN2O3S. The van der Waals surface area contributed by atoms with Crippen LogP contribution in [0.5, 0.6) is 0 Å². The highest BCUT2D eigenvalue weighted by atomic mass is 35.5. The van der Waals surface area contributed by atoms with Gasteiger partial charge in [-0.25, -0.2) is 8.42 Å². The van der Waals surface area contributed by atoms with Gasteiger partial charge in [0.2, 0.25) is 10.0 Å². The van der Waals surface area contributed by atoms with Crippen molar-refractivity contribution in [1.82, 2.24) is 0 Å². The predicted molar refractivity (Wildman–Crippen MR) is 74.4 cm³/mol. The van der Waals surface area contributed by atoms with Crippen LogP contribution in [0.1, 0.15) is 13.8 Å². The molecule has 0 saturated carbocycles. The number of nitrogens with one attached hydrogen (secondary N) is 1. The van der Waals surface area contributed by atoms with Gasteiger partial charge in [-0.15, -0.1) is 0 Å². The summed E-state index contributed by atoms with van der Waals surface area (Å²) < 4.78 is 31.1. The molecule has 3 N–H and O–H groups in total. The van der Waals surface area contributed by atoms with Crippen molar-refractivity contribution in [2.75, 3.05) is 22.8 Å². The summed E-state index contributed by atoms with van der Waals surface area (Å²) in [6, 6.07) is 4.61. The zero-order valence-electron chi connectivity index (χ0n) is 10.3. The fourth-order valence-electron chi connectivity index (χ4n) is 1.23. The minimum Gasteiger partial charge on any atom is -0.397 e. The summed E-state index contributed by atoms with van der Waals surface area (Å²) in [6.45, 7) is 3.82. The number of halogens is 1. The van der Waals surface area contributed by atoms with Crippen molar-refractivity contribution < 1.29 is 13.2 Å². The minimum atomic E-state index is -3.48. The Morgan fingerprint density at radius 1 is 1.44 bits per heavy atom. The monoisotopic (exact) mass is 292 g/mol. The van der Waals surface area contributed by atoms with Crippen LogP contribution in [0.25, 0.3) is 0 Å². The maximum Gasteiger partial charge on any atom is 0.235 e. The normalized spacial score (nSPS) is 11.8. The Bertz CT molecular complexity index is 503. The van der Waals surface area contributed by atoms with Crippen LogP contribution in [0.15, 0.2) is 18.2 Å². The first-order valence-electron chi connectivity index (χ1n) is 5.47. The van der Waals surface area contributed by atoms with Gasteiger partial charge >= 0.3 is 0 Å². The molecule has 18 heavy (non-hydrogen) atoms. The minimum absolute atomic E-state index is 0.00330. The zero-order chi connectivity index (χ0) is 13.8. The summed E-state index contributed by atoms with van der Waals surface area (Å²) in [5, 5.41) is 0.417. The lowest BCUT2D eigenvalue weighted by molar-refractivity contribution is 0.0913. The lowest BCUT2D eigenvalue weighted by atomic mass is 10.3. The number of rotatable bonds is 6. The van der Waals surface area contributed by atoms with Crippen molar-refractivity contribution in [3.63, 3.8) is 0 Å². The van der Waals surface area contributed by atoms with E-state index in [1.54, 1.807) is 12.1 Å². The molecule has 0 aliphatic carbocycles. The number of hydrogen-bond acceptors (Lipinski definition) is 4. The smallest absolute Gasteiger partial charge is 0.235 e. The fourth-order valence-corrected chi connectivity index (χ4v) is 2.33. The summed E-state index contributed by atoms with van der Waals surface area (Å²) in [7, 11) is -3.48. The van der Waals surface area contributed by atoms with E-state index < -0.39 is 10.0 Å². The summed E-state index contributed by atoms with van der Waals surface area (Å²) in [6.07, 6.45) is -0.00330. The second-order valence-corrected chi connectivity index (χ2v) is 6.35. The molecule has 0 radical (unpaired) electrons. The van der Waals surface area contributed by atoms with E-state index in [2.05, 4.69) is 4.72 Å². The van der Waals surface area contributed by atoms with Gasteiger partial charge < -0.3 is 10.5 Å². The van der Waals surface area contributed by atoms with Crippen molar-refractivity contribution in [3.8, 4) is 0 Å². The van der Waals surface area contributed by atoms with Crippen LogP contribution in [0.4, 0.5) is 11.4 Å². The molecule has 0 fully saturated rings. The van der Waals surface area contributed by atoms with Gasteiger partial charge in [-0.2, -0.15) is 0 Å². The summed E-state index contributed by atoms with van der Waals surface area (Å²) in [5.74, 6) is -0.128. The number of sulfonamides is 1. The second-order valence-electron chi connectivity index (χ2n) is 4.07. The quantitative estimate of drug-likeness (QED) is 0.787. The number of nitrogens with two attached hydrogens (primary N) is 1. The fraction of sp³-hybridized carbons (Fsp3) is 0.455. The molecule has 0 unspecified atom stereocenters. The number of nitrogen functional groups attached to an aromatic ring is 1. The van der Waals surface area contributed by atoms with Crippen molar-refractivity contribution in [3.05, 3.63) is 23.2 Å². The molecular weight excluding hydrogens is 276 g/mol. The molecule has 0 spiro atoms. The highest BCUT2D eigenvalue weighted by Crippen LogP contribution is 2.23. The van der Waals surface area contributed by atoms with Gasteiger partial charge in [-0.1, -0.05) is 11.6 Å². The highest BCUT2D eigenvalue weighted by Gasteiger charge is 2.12. The maximum absolute atomic E-state index is 11.8. The Morgan fingerprint density at radius 2 is 2.11 bits per heavy atom. The van der Waals surface area contributed by atoms with E-state index in [1.807, 2.05) is 13.8 Å². The third-order valence-electron chi connectivity index (χ3n) is 2.08. The number of benzene rings is 1.